The van der Waals surface area contributed by atoms with Crippen molar-refractivity contribution < 1.29 is 9.13 Å². The molecule has 22 heavy (non-hydrogen) atoms. The lowest BCUT2D eigenvalue weighted by Crippen LogP contribution is -2.42. The van der Waals surface area contributed by atoms with Gasteiger partial charge in [-0.15, -0.1) is 24.0 Å². The number of nitrogens with zero attached hydrogens (tertiary/aromatic N) is 2. The first-order chi connectivity index (χ1) is 10.1. The van der Waals surface area contributed by atoms with E-state index in [1.54, 1.807) is 19.2 Å². The summed E-state index contributed by atoms with van der Waals surface area (Å²) in [5, 5.41) is 0. The highest BCUT2D eigenvalue weighted by molar-refractivity contribution is 14.0. The van der Waals surface area contributed by atoms with Crippen LogP contribution < -0.4 is 5.73 Å². The molecule has 4 nitrogen and oxygen atoms in total. The number of ether oxygens (including phenoxy) is 1. The number of guanidine groups is 1. The third-order valence-electron chi connectivity index (χ3n) is 3.94. The number of benzene rings is 1. The van der Waals surface area contributed by atoms with Crippen LogP contribution in [-0.4, -0.2) is 31.1 Å². The molecule has 0 atom stereocenters. The van der Waals surface area contributed by atoms with E-state index in [0.29, 0.717) is 18.1 Å². The molecule has 1 aliphatic heterocycles. The zero-order chi connectivity index (χ0) is 15.2. The highest BCUT2D eigenvalue weighted by atomic mass is 127. The van der Waals surface area contributed by atoms with Gasteiger partial charge >= 0.3 is 0 Å². The highest BCUT2D eigenvalue weighted by Crippen LogP contribution is 2.16. The summed E-state index contributed by atoms with van der Waals surface area (Å²) in [6, 6.07) is 4.98. The van der Waals surface area contributed by atoms with Crippen molar-refractivity contribution in [2.24, 2.45) is 16.6 Å². The normalized spacial score (nSPS) is 16.5. The van der Waals surface area contributed by atoms with Gasteiger partial charge in [-0.05, 0) is 36.5 Å². The Morgan fingerprint density at radius 3 is 2.73 bits per heavy atom. The Kier molecular flexibility index (Phi) is 8.09. The molecule has 0 spiro atoms. The number of hydrogen-bond acceptors (Lipinski definition) is 2. The van der Waals surface area contributed by atoms with E-state index >= 15 is 0 Å². The van der Waals surface area contributed by atoms with E-state index in [1.165, 1.54) is 6.07 Å². The van der Waals surface area contributed by atoms with Gasteiger partial charge in [0.1, 0.15) is 5.82 Å². The molecular weight excluding hydrogens is 396 g/mol. The Balaban J connectivity index is 0.00000242. The maximum Gasteiger partial charge on any atom is 0.191 e. The van der Waals surface area contributed by atoms with Gasteiger partial charge in [-0.3, -0.25) is 0 Å². The smallest absolute Gasteiger partial charge is 0.191 e. The van der Waals surface area contributed by atoms with Gasteiger partial charge in [-0.1, -0.05) is 13.0 Å². The molecule has 1 fully saturated rings. The number of hydrogen-bond donors (Lipinski definition) is 1. The van der Waals surface area contributed by atoms with E-state index in [2.05, 4.69) is 16.8 Å². The highest BCUT2D eigenvalue weighted by Gasteiger charge is 2.16. The maximum atomic E-state index is 13.5. The van der Waals surface area contributed by atoms with Gasteiger partial charge in [0.05, 0.1) is 13.2 Å². The summed E-state index contributed by atoms with van der Waals surface area (Å²) >= 11 is 0. The fourth-order valence-corrected chi connectivity index (χ4v) is 2.50. The van der Waals surface area contributed by atoms with Crippen molar-refractivity contribution in [2.75, 3.05) is 20.2 Å². The number of likely N-dealkylation sites (tertiary alicyclic amines) is 1. The van der Waals surface area contributed by atoms with Crippen molar-refractivity contribution in [3.8, 4) is 0 Å². The molecule has 6 heteroatoms. The molecule has 0 bridgehead atoms. The van der Waals surface area contributed by atoms with Crippen LogP contribution >= 0.6 is 24.0 Å². The minimum Gasteiger partial charge on any atom is -0.380 e. The number of halogens is 2. The molecule has 1 aromatic carbocycles. The monoisotopic (exact) mass is 421 g/mol. The molecule has 124 valence electrons. The van der Waals surface area contributed by atoms with Crippen LogP contribution in [0.4, 0.5) is 4.39 Å². The predicted octanol–water partition coefficient (Wildman–Crippen LogP) is 3.14. The molecule has 2 N–H and O–H groups in total. The molecule has 0 aliphatic carbocycles. The van der Waals surface area contributed by atoms with Gasteiger partial charge in [0.15, 0.2) is 5.96 Å². The molecule has 1 aromatic rings. The summed E-state index contributed by atoms with van der Waals surface area (Å²) in [5.41, 5.74) is 7.54. The van der Waals surface area contributed by atoms with Crippen molar-refractivity contribution >= 4 is 29.9 Å². The first-order valence-electron chi connectivity index (χ1n) is 7.41. The molecule has 0 saturated carbocycles. The number of aliphatic imine (C=N–C) groups is 1. The maximum absolute atomic E-state index is 13.5. The fourth-order valence-electron chi connectivity index (χ4n) is 2.50. The molecule has 0 radical (unpaired) electrons. The Labute approximate surface area is 148 Å². The van der Waals surface area contributed by atoms with Crippen molar-refractivity contribution in [3.63, 3.8) is 0 Å². The zero-order valence-corrected chi connectivity index (χ0v) is 15.5. The van der Waals surface area contributed by atoms with Crippen molar-refractivity contribution in [3.05, 3.63) is 35.1 Å². The van der Waals surface area contributed by atoms with Gasteiger partial charge in [-0.2, -0.15) is 0 Å². The molecule has 0 amide bonds. The zero-order valence-electron chi connectivity index (χ0n) is 13.2. The number of rotatable bonds is 4. The molecule has 1 heterocycles. The van der Waals surface area contributed by atoms with E-state index < -0.39 is 0 Å². The lowest BCUT2D eigenvalue weighted by Gasteiger charge is -2.31. The number of piperidine rings is 1. The minimum atomic E-state index is -0.248. The summed E-state index contributed by atoms with van der Waals surface area (Å²) in [4.78, 5) is 6.56. The van der Waals surface area contributed by atoms with Gasteiger partial charge in [0.25, 0.3) is 0 Å². The lowest BCUT2D eigenvalue weighted by molar-refractivity contribution is 0.181. The Bertz CT molecular complexity index is 502. The van der Waals surface area contributed by atoms with Crippen LogP contribution in [-0.2, 0) is 17.9 Å². The van der Waals surface area contributed by atoms with Crippen LogP contribution in [0.2, 0.25) is 0 Å². The van der Waals surface area contributed by atoms with Crippen molar-refractivity contribution in [1.82, 2.24) is 4.90 Å². The summed E-state index contributed by atoms with van der Waals surface area (Å²) in [5.74, 6) is 1.10. The van der Waals surface area contributed by atoms with Crippen LogP contribution in [0.15, 0.2) is 23.2 Å². The van der Waals surface area contributed by atoms with Crippen LogP contribution in [0.25, 0.3) is 0 Å². The first-order valence-corrected chi connectivity index (χ1v) is 7.41. The van der Waals surface area contributed by atoms with Crippen LogP contribution in [0.5, 0.6) is 0 Å². The summed E-state index contributed by atoms with van der Waals surface area (Å²) in [6.45, 7) is 4.93. The molecule has 2 rings (SSSR count). The molecular formula is C16H25FIN3O. The van der Waals surface area contributed by atoms with Gasteiger partial charge in [-0.25, -0.2) is 9.38 Å². The third kappa shape index (κ3) is 5.39. The fraction of sp³-hybridized carbons (Fsp3) is 0.562. The van der Waals surface area contributed by atoms with E-state index in [0.717, 1.165) is 37.4 Å². The lowest BCUT2D eigenvalue weighted by atomic mass is 10.00. The predicted molar refractivity (Wildman–Crippen MR) is 97.8 cm³/mol. The first kappa shape index (κ1) is 19.2. The molecule has 1 saturated heterocycles. The van der Waals surface area contributed by atoms with E-state index in [1.807, 2.05) is 0 Å². The van der Waals surface area contributed by atoms with Crippen molar-refractivity contribution in [1.29, 1.82) is 0 Å². The van der Waals surface area contributed by atoms with Crippen LogP contribution in [0.3, 0.4) is 0 Å². The largest absolute Gasteiger partial charge is 0.380 e. The minimum absolute atomic E-state index is 0. The quantitative estimate of drug-likeness (QED) is 0.462. The van der Waals surface area contributed by atoms with E-state index in [9.17, 15) is 4.39 Å². The Morgan fingerprint density at radius 1 is 1.41 bits per heavy atom. The Hall–Kier alpha value is -0.890. The van der Waals surface area contributed by atoms with E-state index in [4.69, 9.17) is 10.5 Å². The third-order valence-corrected chi connectivity index (χ3v) is 3.94. The Morgan fingerprint density at radius 2 is 2.09 bits per heavy atom. The van der Waals surface area contributed by atoms with Gasteiger partial charge in [0, 0.05) is 25.8 Å². The number of methoxy groups -OCH3 is 1. The summed E-state index contributed by atoms with van der Waals surface area (Å²) < 4.78 is 18.5. The average Bonchev–Trinajstić information content (AvgIpc) is 2.48. The molecule has 1 aliphatic rings. The molecule has 0 aromatic heterocycles. The van der Waals surface area contributed by atoms with Crippen LogP contribution in [0.1, 0.15) is 30.9 Å². The van der Waals surface area contributed by atoms with Gasteiger partial charge < -0.3 is 15.4 Å². The average molecular weight is 421 g/mol. The van der Waals surface area contributed by atoms with Crippen molar-refractivity contribution in [2.45, 2.75) is 32.9 Å². The molecule has 0 unspecified atom stereocenters. The number of nitrogens with two attached hydrogens (primary N) is 1. The van der Waals surface area contributed by atoms with Crippen LogP contribution in [0, 0.1) is 11.7 Å². The standard InChI is InChI=1S/C16H24FN3O.HI/c1-12-5-7-20(8-6-12)16(18)19-10-13-3-4-15(17)14(9-13)11-21-2;/h3-4,9,12H,5-8,10-11H2,1-2H3,(H2,18,19);1H. The SMILES string of the molecule is COCc1cc(CN=C(N)N2CCC(C)CC2)ccc1F.I. The summed E-state index contributed by atoms with van der Waals surface area (Å²) in [7, 11) is 1.56. The second-order valence-corrected chi connectivity index (χ2v) is 5.70. The van der Waals surface area contributed by atoms with Gasteiger partial charge in [0.2, 0.25) is 0 Å². The summed E-state index contributed by atoms with van der Waals surface area (Å²) in [6.07, 6.45) is 2.31. The second-order valence-electron chi connectivity index (χ2n) is 5.70. The second kappa shape index (κ2) is 9.29. The topological polar surface area (TPSA) is 50.9 Å². The van der Waals surface area contributed by atoms with E-state index in [-0.39, 0.29) is 36.4 Å².